The molecule has 1 fully saturated rings. The van der Waals surface area contributed by atoms with Gasteiger partial charge in [0.1, 0.15) is 23.3 Å². The van der Waals surface area contributed by atoms with Crippen LogP contribution < -0.4 is 15.1 Å². The fourth-order valence-corrected chi connectivity index (χ4v) is 5.13. The number of aromatic nitrogens is 1. The van der Waals surface area contributed by atoms with Crippen LogP contribution in [0.2, 0.25) is 5.02 Å². The maximum atomic E-state index is 15.1. The SMILES string of the molecule is COc1cc2c(cc1Cc1cc(N3CC[C@@H](F)C3)cc(Cl)c1F)c(=O)c(C(=O)O)cn2[C@H](CO)C(C)C. The highest BCUT2D eigenvalue weighted by Gasteiger charge is 2.25. The highest BCUT2D eigenvalue weighted by Crippen LogP contribution is 2.34. The zero-order chi connectivity index (χ0) is 27.0. The van der Waals surface area contributed by atoms with Gasteiger partial charge in [0.2, 0.25) is 5.43 Å². The van der Waals surface area contributed by atoms with Crippen LogP contribution in [0.1, 0.15) is 47.8 Å². The number of ether oxygens (including phenoxy) is 1. The Morgan fingerprint density at radius 1 is 1.24 bits per heavy atom. The summed E-state index contributed by atoms with van der Waals surface area (Å²) in [4.78, 5) is 26.8. The van der Waals surface area contributed by atoms with Gasteiger partial charge in [0, 0.05) is 42.8 Å². The number of hydrogen-bond acceptors (Lipinski definition) is 5. The molecule has 3 aromatic rings. The third-order valence-corrected chi connectivity index (χ3v) is 7.22. The van der Waals surface area contributed by atoms with Gasteiger partial charge in [0.15, 0.2) is 0 Å². The number of benzene rings is 2. The van der Waals surface area contributed by atoms with E-state index in [9.17, 15) is 24.2 Å². The second-order valence-electron chi connectivity index (χ2n) is 9.67. The standard InChI is InChI=1S/C27H29ClF2N2O5/c1-14(2)23(13-33)32-12-20(27(35)36)26(34)19-8-15(24(37-3)10-22(19)32)6-16-7-18(9-21(28)25(16)30)31-5-4-17(29)11-31/h7-10,12,14,17,23,33H,4-6,11,13H2,1-3H3,(H,35,36)/t17-,23-/m1/s1. The molecule has 0 radical (unpaired) electrons. The minimum atomic E-state index is -1.39. The number of hydrogen-bond donors (Lipinski definition) is 2. The number of aliphatic hydroxyl groups is 1. The molecule has 1 saturated heterocycles. The average Bonchev–Trinajstić information content (AvgIpc) is 3.29. The summed E-state index contributed by atoms with van der Waals surface area (Å²) in [5, 5.41) is 19.7. The number of alkyl halides is 1. The van der Waals surface area contributed by atoms with Crippen LogP contribution in [-0.2, 0) is 6.42 Å². The number of carboxylic acids is 1. The van der Waals surface area contributed by atoms with E-state index in [0.717, 1.165) is 0 Å². The normalized spacial score (nSPS) is 16.5. The van der Waals surface area contributed by atoms with Crippen LogP contribution in [-0.4, -0.2) is 53.7 Å². The molecule has 0 amide bonds. The molecule has 37 heavy (non-hydrogen) atoms. The Hall–Kier alpha value is -3.17. The fourth-order valence-electron chi connectivity index (χ4n) is 4.90. The number of halogens is 3. The summed E-state index contributed by atoms with van der Waals surface area (Å²) in [5.41, 5.74) is 0.534. The predicted molar refractivity (Wildman–Crippen MR) is 139 cm³/mol. The smallest absolute Gasteiger partial charge is 0.341 e. The lowest BCUT2D eigenvalue weighted by molar-refractivity contribution is 0.0694. The van der Waals surface area contributed by atoms with Crippen molar-refractivity contribution in [1.82, 2.24) is 4.57 Å². The van der Waals surface area contributed by atoms with Gasteiger partial charge in [-0.2, -0.15) is 0 Å². The third-order valence-electron chi connectivity index (χ3n) is 6.94. The molecular formula is C27H29ClF2N2O5. The maximum absolute atomic E-state index is 15.1. The Bertz CT molecular complexity index is 1410. The highest BCUT2D eigenvalue weighted by molar-refractivity contribution is 6.31. The van der Waals surface area contributed by atoms with E-state index >= 15 is 4.39 Å². The molecule has 10 heteroatoms. The lowest BCUT2D eigenvalue weighted by atomic mass is 9.98. The highest BCUT2D eigenvalue weighted by atomic mass is 35.5. The number of anilines is 1. The summed E-state index contributed by atoms with van der Waals surface area (Å²) in [6.07, 6.45) is 0.651. The summed E-state index contributed by atoms with van der Waals surface area (Å²) in [7, 11) is 1.44. The zero-order valence-corrected chi connectivity index (χ0v) is 21.6. The van der Waals surface area contributed by atoms with E-state index in [1.54, 1.807) is 21.6 Å². The first-order valence-electron chi connectivity index (χ1n) is 12.0. The molecular weight excluding hydrogens is 506 g/mol. The van der Waals surface area contributed by atoms with Crippen molar-refractivity contribution in [2.75, 3.05) is 31.7 Å². The number of nitrogens with zero attached hydrogens (tertiary/aromatic N) is 2. The van der Waals surface area contributed by atoms with Crippen LogP contribution in [0.25, 0.3) is 10.9 Å². The van der Waals surface area contributed by atoms with Crippen molar-refractivity contribution in [1.29, 1.82) is 0 Å². The molecule has 2 heterocycles. The molecule has 0 saturated carbocycles. The predicted octanol–water partition coefficient (Wildman–Crippen LogP) is 4.83. The second kappa shape index (κ2) is 10.7. The molecule has 0 aliphatic carbocycles. The van der Waals surface area contributed by atoms with E-state index in [0.29, 0.717) is 35.5 Å². The number of methoxy groups -OCH3 is 1. The van der Waals surface area contributed by atoms with Crippen molar-refractivity contribution in [3.63, 3.8) is 0 Å². The van der Waals surface area contributed by atoms with Crippen LogP contribution in [0.15, 0.2) is 35.3 Å². The lowest BCUT2D eigenvalue weighted by Crippen LogP contribution is -2.25. The van der Waals surface area contributed by atoms with Gasteiger partial charge in [-0.05, 0) is 41.7 Å². The van der Waals surface area contributed by atoms with Crippen LogP contribution in [0.3, 0.4) is 0 Å². The van der Waals surface area contributed by atoms with Crippen molar-refractivity contribution in [2.45, 2.75) is 38.9 Å². The zero-order valence-electron chi connectivity index (χ0n) is 20.8. The quantitative estimate of drug-likeness (QED) is 0.430. The third kappa shape index (κ3) is 5.15. The van der Waals surface area contributed by atoms with E-state index in [1.165, 1.54) is 25.4 Å². The number of pyridine rings is 1. The van der Waals surface area contributed by atoms with Crippen LogP contribution in [0.5, 0.6) is 5.75 Å². The van der Waals surface area contributed by atoms with Crippen molar-refractivity contribution in [3.05, 3.63) is 68.2 Å². The van der Waals surface area contributed by atoms with Gasteiger partial charge in [-0.25, -0.2) is 13.6 Å². The molecule has 2 atom stereocenters. The van der Waals surface area contributed by atoms with Gasteiger partial charge in [-0.3, -0.25) is 4.79 Å². The van der Waals surface area contributed by atoms with Crippen molar-refractivity contribution in [2.24, 2.45) is 5.92 Å². The first-order valence-corrected chi connectivity index (χ1v) is 12.4. The van der Waals surface area contributed by atoms with Gasteiger partial charge in [0.05, 0.1) is 30.3 Å². The van der Waals surface area contributed by atoms with Crippen LogP contribution in [0.4, 0.5) is 14.5 Å². The molecule has 2 aromatic carbocycles. The van der Waals surface area contributed by atoms with Crippen LogP contribution >= 0.6 is 11.6 Å². The summed E-state index contributed by atoms with van der Waals surface area (Å²) in [5.74, 6) is -1.74. The maximum Gasteiger partial charge on any atom is 0.341 e. The fraction of sp³-hybridized carbons (Fsp3) is 0.407. The number of carbonyl (C=O) groups is 1. The monoisotopic (exact) mass is 534 g/mol. The van der Waals surface area contributed by atoms with Crippen molar-refractivity contribution >= 4 is 34.2 Å². The van der Waals surface area contributed by atoms with Crippen molar-refractivity contribution < 1.29 is 28.5 Å². The number of rotatable bonds is 8. The topological polar surface area (TPSA) is 92.0 Å². The minimum Gasteiger partial charge on any atom is -0.496 e. The Balaban J connectivity index is 1.89. The van der Waals surface area contributed by atoms with Gasteiger partial charge in [-0.15, -0.1) is 0 Å². The van der Waals surface area contributed by atoms with Crippen LogP contribution in [0, 0.1) is 11.7 Å². The summed E-state index contributed by atoms with van der Waals surface area (Å²) < 4.78 is 36.0. The number of fused-ring (bicyclic) bond motifs is 1. The van der Waals surface area contributed by atoms with E-state index in [-0.39, 0.29) is 41.5 Å². The number of aliphatic hydroxyl groups excluding tert-OH is 1. The minimum absolute atomic E-state index is 0.00422. The molecule has 0 spiro atoms. The number of carboxylic acid groups (broad SMARTS) is 1. The molecule has 7 nitrogen and oxygen atoms in total. The Kier molecular flexibility index (Phi) is 7.75. The number of aromatic carboxylic acids is 1. The Morgan fingerprint density at radius 3 is 2.54 bits per heavy atom. The second-order valence-corrected chi connectivity index (χ2v) is 10.1. The first kappa shape index (κ1) is 26.9. The Morgan fingerprint density at radius 2 is 1.97 bits per heavy atom. The molecule has 0 unspecified atom stereocenters. The average molecular weight is 535 g/mol. The van der Waals surface area contributed by atoms with E-state index in [4.69, 9.17) is 16.3 Å². The van der Waals surface area contributed by atoms with E-state index in [2.05, 4.69) is 0 Å². The molecule has 1 aromatic heterocycles. The molecule has 4 rings (SSSR count). The largest absolute Gasteiger partial charge is 0.496 e. The lowest BCUT2D eigenvalue weighted by Gasteiger charge is -2.25. The molecule has 0 bridgehead atoms. The molecule has 198 valence electrons. The van der Waals surface area contributed by atoms with Gasteiger partial charge in [-0.1, -0.05) is 25.4 Å². The van der Waals surface area contributed by atoms with E-state index in [1.807, 2.05) is 13.8 Å². The molecule has 1 aliphatic rings. The van der Waals surface area contributed by atoms with Gasteiger partial charge >= 0.3 is 5.97 Å². The molecule has 1 aliphatic heterocycles. The van der Waals surface area contributed by atoms with Gasteiger partial charge in [0.25, 0.3) is 0 Å². The summed E-state index contributed by atoms with van der Waals surface area (Å²) >= 11 is 6.18. The first-order chi connectivity index (χ1) is 17.5. The van der Waals surface area contributed by atoms with E-state index < -0.39 is 35.0 Å². The van der Waals surface area contributed by atoms with Gasteiger partial charge < -0.3 is 24.4 Å². The molecule has 2 N–H and O–H groups in total. The Labute approximate surface area is 217 Å². The summed E-state index contributed by atoms with van der Waals surface area (Å²) in [6, 6.07) is 5.68. The summed E-state index contributed by atoms with van der Waals surface area (Å²) in [6.45, 7) is 4.16. The van der Waals surface area contributed by atoms with Crippen molar-refractivity contribution in [3.8, 4) is 5.75 Å².